The lowest BCUT2D eigenvalue weighted by Gasteiger charge is -2.17. The van der Waals surface area contributed by atoms with E-state index in [1.54, 1.807) is 12.1 Å². The molecule has 7 heteroatoms. The van der Waals surface area contributed by atoms with Gasteiger partial charge < -0.3 is 10.0 Å². The summed E-state index contributed by atoms with van der Waals surface area (Å²) in [6, 6.07) is 11.1. The minimum atomic E-state index is -3.56. The fourth-order valence-corrected chi connectivity index (χ4v) is 4.93. The molecule has 0 amide bonds. The predicted octanol–water partition coefficient (Wildman–Crippen LogP) is 4.78. The van der Waals surface area contributed by atoms with Gasteiger partial charge in [0.05, 0.1) is 4.90 Å². The number of carboxylic acid groups (broad SMARTS) is 1. The van der Waals surface area contributed by atoms with Crippen molar-refractivity contribution < 1.29 is 18.3 Å². The zero-order valence-corrected chi connectivity index (χ0v) is 18.9. The number of anilines is 1. The highest BCUT2D eigenvalue weighted by atomic mass is 32.2. The van der Waals surface area contributed by atoms with E-state index in [2.05, 4.69) is 4.72 Å². The number of unbranched alkanes of at least 4 members (excludes halogenated alkanes) is 7. The lowest BCUT2D eigenvalue weighted by atomic mass is 10.1. The van der Waals surface area contributed by atoms with Crippen LogP contribution in [0.2, 0.25) is 0 Å². The van der Waals surface area contributed by atoms with Gasteiger partial charge in [0.2, 0.25) is 10.0 Å². The summed E-state index contributed by atoms with van der Waals surface area (Å²) in [6.45, 7) is 0.435. The first-order valence-corrected chi connectivity index (χ1v) is 12.2. The molecule has 0 atom stereocenters. The number of nitrogens with zero attached hydrogens (tertiary/aromatic N) is 1. The van der Waals surface area contributed by atoms with E-state index in [1.165, 1.54) is 0 Å². The largest absolute Gasteiger partial charge is 0.481 e. The second kappa shape index (κ2) is 11.9. The predicted molar refractivity (Wildman–Crippen MR) is 123 cm³/mol. The van der Waals surface area contributed by atoms with E-state index in [-0.39, 0.29) is 6.42 Å². The first-order chi connectivity index (χ1) is 14.3. The molecule has 6 nitrogen and oxygen atoms in total. The minimum absolute atomic E-state index is 0.257. The Morgan fingerprint density at radius 1 is 0.867 bits per heavy atom. The molecule has 2 N–H and O–H groups in total. The topological polar surface area (TPSA) is 86.7 Å². The fourth-order valence-electron chi connectivity index (χ4n) is 3.64. The summed E-state index contributed by atoms with van der Waals surface area (Å²) in [5.74, 6) is -0.723. The quantitative estimate of drug-likeness (QED) is 0.418. The molecule has 2 aromatic rings. The van der Waals surface area contributed by atoms with E-state index in [9.17, 15) is 13.2 Å². The molecule has 0 saturated carbocycles. The number of rotatable bonds is 14. The van der Waals surface area contributed by atoms with Crippen molar-refractivity contribution in [2.75, 3.05) is 25.5 Å². The Kier molecular flexibility index (Phi) is 9.59. The van der Waals surface area contributed by atoms with E-state index < -0.39 is 16.0 Å². The summed E-state index contributed by atoms with van der Waals surface area (Å²) in [6.07, 6.45) is 8.12. The van der Waals surface area contributed by atoms with E-state index in [1.807, 2.05) is 43.3 Å². The van der Waals surface area contributed by atoms with Crippen LogP contribution in [0.5, 0.6) is 0 Å². The van der Waals surface area contributed by atoms with Crippen molar-refractivity contribution in [3.63, 3.8) is 0 Å². The van der Waals surface area contributed by atoms with Crippen molar-refractivity contribution in [2.24, 2.45) is 0 Å². The van der Waals surface area contributed by atoms with Gasteiger partial charge in [-0.1, -0.05) is 62.8 Å². The third kappa shape index (κ3) is 7.29. The Balaban J connectivity index is 1.77. The average molecular weight is 435 g/mol. The Morgan fingerprint density at radius 2 is 1.43 bits per heavy atom. The Morgan fingerprint density at radius 3 is 2.07 bits per heavy atom. The molecule has 0 aliphatic rings. The SMILES string of the molecule is CN(C)c1cccc2c(S(=O)(=O)NCCCCCCCCCCC(=O)O)cccc12. The normalized spacial score (nSPS) is 11.7. The molecular weight excluding hydrogens is 400 g/mol. The zero-order chi connectivity index (χ0) is 22.0. The number of aliphatic carboxylic acids is 1. The van der Waals surface area contributed by atoms with E-state index in [4.69, 9.17) is 5.11 Å². The van der Waals surface area contributed by atoms with Crippen molar-refractivity contribution in [2.45, 2.75) is 62.7 Å². The fraction of sp³-hybridized carbons (Fsp3) is 0.522. The number of carboxylic acids is 1. The molecule has 0 bridgehead atoms. The molecule has 166 valence electrons. The number of carbonyl (C=O) groups is 1. The molecule has 0 radical (unpaired) electrons. The summed E-state index contributed by atoms with van der Waals surface area (Å²) in [7, 11) is 0.337. The average Bonchev–Trinajstić information content (AvgIpc) is 2.70. The van der Waals surface area contributed by atoms with Gasteiger partial charge in [-0.3, -0.25) is 4.79 Å². The van der Waals surface area contributed by atoms with Gasteiger partial charge in [0.1, 0.15) is 0 Å². The van der Waals surface area contributed by atoms with Gasteiger partial charge in [-0.25, -0.2) is 13.1 Å². The molecule has 0 unspecified atom stereocenters. The van der Waals surface area contributed by atoms with Gasteiger partial charge in [-0.05, 0) is 25.0 Å². The molecule has 2 aromatic carbocycles. The first-order valence-electron chi connectivity index (χ1n) is 10.7. The summed E-state index contributed by atoms with van der Waals surface area (Å²) >= 11 is 0. The van der Waals surface area contributed by atoms with E-state index in [0.717, 1.165) is 67.8 Å². The maximum atomic E-state index is 12.8. The van der Waals surface area contributed by atoms with Gasteiger partial charge in [-0.2, -0.15) is 0 Å². The van der Waals surface area contributed by atoms with Gasteiger partial charge in [0, 0.05) is 43.5 Å². The monoisotopic (exact) mass is 434 g/mol. The standard InChI is InChI=1S/C23H34N2O4S/c1-25(2)21-15-11-14-20-19(21)13-12-16-22(20)30(28,29)24-18-10-8-6-4-3-5-7-9-17-23(26)27/h11-16,24H,3-10,17-18H2,1-2H3,(H,26,27). The van der Waals surface area contributed by atoms with Crippen LogP contribution in [0.25, 0.3) is 10.8 Å². The van der Waals surface area contributed by atoms with Crippen molar-refractivity contribution >= 4 is 32.5 Å². The van der Waals surface area contributed by atoms with E-state index in [0.29, 0.717) is 11.4 Å². The van der Waals surface area contributed by atoms with Crippen LogP contribution in [-0.4, -0.2) is 40.1 Å². The molecule has 0 heterocycles. The van der Waals surface area contributed by atoms with Crippen LogP contribution in [0.4, 0.5) is 5.69 Å². The summed E-state index contributed by atoms with van der Waals surface area (Å²) in [4.78, 5) is 12.8. The molecule has 2 rings (SSSR count). The zero-order valence-electron chi connectivity index (χ0n) is 18.1. The van der Waals surface area contributed by atoms with Crippen LogP contribution in [0.3, 0.4) is 0 Å². The Bertz CT molecular complexity index is 926. The number of hydrogen-bond donors (Lipinski definition) is 2. The highest BCUT2D eigenvalue weighted by Gasteiger charge is 2.17. The molecular formula is C23H34N2O4S. The summed E-state index contributed by atoms with van der Waals surface area (Å²) < 4.78 is 28.4. The van der Waals surface area contributed by atoms with Crippen LogP contribution in [0.1, 0.15) is 57.8 Å². The lowest BCUT2D eigenvalue weighted by molar-refractivity contribution is -0.137. The smallest absolute Gasteiger partial charge is 0.303 e. The molecule has 0 aliphatic heterocycles. The Labute approximate surface area is 180 Å². The third-order valence-electron chi connectivity index (χ3n) is 5.24. The van der Waals surface area contributed by atoms with Crippen LogP contribution in [0.15, 0.2) is 41.3 Å². The highest BCUT2D eigenvalue weighted by molar-refractivity contribution is 7.89. The molecule has 0 aromatic heterocycles. The van der Waals surface area contributed by atoms with Gasteiger partial charge >= 0.3 is 5.97 Å². The Hall–Kier alpha value is -2.12. The maximum Gasteiger partial charge on any atom is 0.303 e. The van der Waals surface area contributed by atoms with Crippen molar-refractivity contribution in [3.8, 4) is 0 Å². The number of fused-ring (bicyclic) bond motifs is 1. The van der Waals surface area contributed by atoms with Crippen LogP contribution >= 0.6 is 0 Å². The number of benzene rings is 2. The van der Waals surface area contributed by atoms with Gasteiger partial charge in [0.15, 0.2) is 0 Å². The van der Waals surface area contributed by atoms with Gasteiger partial charge in [0.25, 0.3) is 0 Å². The second-order valence-corrected chi connectivity index (χ2v) is 9.63. The van der Waals surface area contributed by atoms with Crippen molar-refractivity contribution in [3.05, 3.63) is 36.4 Å². The lowest BCUT2D eigenvalue weighted by Crippen LogP contribution is -2.25. The van der Waals surface area contributed by atoms with Crippen molar-refractivity contribution in [1.82, 2.24) is 4.72 Å². The number of sulfonamides is 1. The van der Waals surface area contributed by atoms with Crippen LogP contribution in [-0.2, 0) is 14.8 Å². The van der Waals surface area contributed by atoms with Crippen LogP contribution in [0, 0.1) is 0 Å². The first kappa shape index (κ1) is 24.2. The van der Waals surface area contributed by atoms with Crippen molar-refractivity contribution in [1.29, 1.82) is 0 Å². The third-order valence-corrected chi connectivity index (χ3v) is 6.76. The molecule has 30 heavy (non-hydrogen) atoms. The summed E-state index contributed by atoms with van der Waals surface area (Å²) in [5.41, 5.74) is 0.993. The minimum Gasteiger partial charge on any atom is -0.481 e. The van der Waals surface area contributed by atoms with E-state index >= 15 is 0 Å². The number of hydrogen-bond acceptors (Lipinski definition) is 4. The number of nitrogens with one attached hydrogen (secondary N) is 1. The summed E-state index contributed by atoms with van der Waals surface area (Å²) in [5, 5.41) is 10.3. The molecule has 0 spiro atoms. The molecule has 0 fully saturated rings. The molecule has 0 aliphatic carbocycles. The van der Waals surface area contributed by atoms with Crippen LogP contribution < -0.4 is 9.62 Å². The second-order valence-electron chi connectivity index (χ2n) is 7.89. The van der Waals surface area contributed by atoms with Gasteiger partial charge in [-0.15, -0.1) is 0 Å². The maximum absolute atomic E-state index is 12.8. The highest BCUT2D eigenvalue weighted by Crippen LogP contribution is 2.30. The molecule has 0 saturated heterocycles.